The van der Waals surface area contributed by atoms with Gasteiger partial charge in [-0.15, -0.1) is 0 Å². The number of carbonyl (C=O) groups excluding carboxylic acids is 3. The number of rotatable bonds is 3. The maximum Gasteiger partial charge on any atom is 0.261 e. The van der Waals surface area contributed by atoms with E-state index in [4.69, 9.17) is 0 Å². The Bertz CT molecular complexity index is 911. The number of anilines is 2. The number of fused-ring (bicyclic) bond motifs is 3. The molecule has 0 spiro atoms. The van der Waals surface area contributed by atoms with Crippen LogP contribution in [0.2, 0.25) is 0 Å². The molecule has 2 aromatic rings. The lowest BCUT2D eigenvalue weighted by molar-refractivity contribution is -0.121. The van der Waals surface area contributed by atoms with Crippen LogP contribution in [0.15, 0.2) is 53.4 Å². The molecule has 1 fully saturated rings. The average Bonchev–Trinajstić information content (AvgIpc) is 3.11. The third kappa shape index (κ3) is 2.36. The third-order valence-electron chi connectivity index (χ3n) is 4.58. The molecule has 0 aliphatic carbocycles. The van der Waals surface area contributed by atoms with Gasteiger partial charge < -0.3 is 5.32 Å². The second kappa shape index (κ2) is 5.74. The minimum absolute atomic E-state index is 0.0487. The molecule has 5 nitrogen and oxygen atoms in total. The van der Waals surface area contributed by atoms with Gasteiger partial charge in [0.05, 0.1) is 11.4 Å². The molecule has 25 heavy (non-hydrogen) atoms. The van der Waals surface area contributed by atoms with Crippen molar-refractivity contribution in [3.8, 4) is 0 Å². The Morgan fingerprint density at radius 1 is 1.12 bits per heavy atom. The number of Topliss-reactive ketones (excluding diaryl/α,β-unsaturated/α-hetero) is 1. The first-order valence-corrected chi connectivity index (χ1v) is 8.87. The zero-order chi connectivity index (χ0) is 17.6. The fourth-order valence-electron chi connectivity index (χ4n) is 3.42. The Balaban J connectivity index is 1.71. The minimum atomic E-state index is -0.981. The van der Waals surface area contributed by atoms with Crippen LogP contribution in [0.1, 0.15) is 30.1 Å². The summed E-state index contributed by atoms with van der Waals surface area (Å²) >= 11 is 1.41. The van der Waals surface area contributed by atoms with Crippen molar-refractivity contribution in [3.63, 3.8) is 0 Å². The lowest BCUT2D eigenvalue weighted by Gasteiger charge is -2.29. The van der Waals surface area contributed by atoms with Crippen LogP contribution in [0, 0.1) is 0 Å². The monoisotopic (exact) mass is 352 g/mol. The zero-order valence-corrected chi connectivity index (χ0v) is 14.4. The number of carbonyl (C=O) groups is 3. The highest BCUT2D eigenvalue weighted by Gasteiger charge is 2.57. The summed E-state index contributed by atoms with van der Waals surface area (Å²) in [4.78, 5) is 39.0. The molecule has 2 amide bonds. The largest absolute Gasteiger partial charge is 0.323 e. The number of nitrogens with one attached hydrogen (secondary N) is 1. The maximum atomic E-state index is 13.2. The van der Waals surface area contributed by atoms with Gasteiger partial charge in [0.15, 0.2) is 10.7 Å². The molecule has 2 heterocycles. The van der Waals surface area contributed by atoms with Crippen LogP contribution in [0.4, 0.5) is 11.4 Å². The van der Waals surface area contributed by atoms with Crippen LogP contribution in [0.25, 0.3) is 0 Å². The van der Waals surface area contributed by atoms with E-state index in [1.165, 1.54) is 18.7 Å². The number of hydrogen-bond donors (Lipinski definition) is 1. The molecule has 1 unspecified atom stereocenters. The number of amides is 2. The van der Waals surface area contributed by atoms with E-state index in [9.17, 15) is 14.4 Å². The molecule has 126 valence electrons. The lowest BCUT2D eigenvalue weighted by Crippen LogP contribution is -2.49. The van der Waals surface area contributed by atoms with Crippen molar-refractivity contribution in [2.45, 2.75) is 29.5 Å². The van der Waals surface area contributed by atoms with Gasteiger partial charge in [0.25, 0.3) is 5.91 Å². The van der Waals surface area contributed by atoms with Gasteiger partial charge in [-0.05, 0) is 37.6 Å². The van der Waals surface area contributed by atoms with E-state index in [1.807, 2.05) is 24.3 Å². The van der Waals surface area contributed by atoms with Gasteiger partial charge in [0.2, 0.25) is 5.91 Å². The Kier molecular flexibility index (Phi) is 3.65. The highest BCUT2D eigenvalue weighted by molar-refractivity contribution is 8.02. The zero-order valence-electron chi connectivity index (χ0n) is 13.6. The van der Waals surface area contributed by atoms with E-state index in [0.29, 0.717) is 24.1 Å². The van der Waals surface area contributed by atoms with Crippen molar-refractivity contribution in [3.05, 3.63) is 54.1 Å². The van der Waals surface area contributed by atoms with E-state index >= 15 is 0 Å². The highest BCUT2D eigenvalue weighted by atomic mass is 32.2. The molecule has 0 aromatic heterocycles. The first-order valence-electron chi connectivity index (χ1n) is 8.05. The SMILES string of the molecule is CC(=O)c1ccccc1NC(=O)C12CCC(=O)N1c1ccccc1S2. The van der Waals surface area contributed by atoms with Crippen LogP contribution in [0.3, 0.4) is 0 Å². The van der Waals surface area contributed by atoms with Crippen LogP contribution >= 0.6 is 11.8 Å². The summed E-state index contributed by atoms with van der Waals surface area (Å²) in [6, 6.07) is 14.5. The summed E-state index contributed by atoms with van der Waals surface area (Å²) in [5, 5.41) is 2.88. The van der Waals surface area contributed by atoms with E-state index in [2.05, 4.69) is 5.32 Å². The number of thioether (sulfide) groups is 1. The van der Waals surface area contributed by atoms with E-state index in [-0.39, 0.29) is 17.6 Å². The van der Waals surface area contributed by atoms with Crippen molar-refractivity contribution in [1.82, 2.24) is 0 Å². The maximum absolute atomic E-state index is 13.2. The number of benzene rings is 2. The van der Waals surface area contributed by atoms with E-state index < -0.39 is 4.87 Å². The summed E-state index contributed by atoms with van der Waals surface area (Å²) in [7, 11) is 0. The average molecular weight is 352 g/mol. The Morgan fingerprint density at radius 3 is 2.64 bits per heavy atom. The molecular formula is C19H16N2O3S. The van der Waals surface area contributed by atoms with Crippen LogP contribution in [0.5, 0.6) is 0 Å². The first kappa shape index (κ1) is 15.9. The summed E-state index contributed by atoms with van der Waals surface area (Å²) in [6.07, 6.45) is 0.780. The van der Waals surface area contributed by atoms with E-state index in [1.54, 1.807) is 29.2 Å². The number of ketones is 1. The molecule has 0 bridgehead atoms. The van der Waals surface area contributed by atoms with Crippen molar-refractivity contribution in [2.75, 3.05) is 10.2 Å². The summed E-state index contributed by atoms with van der Waals surface area (Å²) in [6.45, 7) is 1.47. The van der Waals surface area contributed by atoms with Gasteiger partial charge in [-0.2, -0.15) is 0 Å². The van der Waals surface area contributed by atoms with E-state index in [0.717, 1.165) is 10.6 Å². The molecule has 4 rings (SSSR count). The first-order chi connectivity index (χ1) is 12.0. The Hall–Kier alpha value is -2.60. The molecule has 6 heteroatoms. The number of hydrogen-bond acceptors (Lipinski definition) is 4. The molecule has 2 aromatic carbocycles. The molecule has 1 atom stereocenters. The molecular weight excluding hydrogens is 336 g/mol. The number of para-hydroxylation sites is 2. The molecule has 0 radical (unpaired) electrons. The van der Waals surface area contributed by atoms with Gasteiger partial charge in [0.1, 0.15) is 0 Å². The van der Waals surface area contributed by atoms with Gasteiger partial charge in [-0.1, -0.05) is 36.0 Å². The van der Waals surface area contributed by atoms with Crippen LogP contribution in [-0.2, 0) is 9.59 Å². The fraction of sp³-hybridized carbons (Fsp3) is 0.211. The van der Waals surface area contributed by atoms with Crippen LogP contribution < -0.4 is 10.2 Å². The van der Waals surface area contributed by atoms with Crippen molar-refractivity contribution in [2.24, 2.45) is 0 Å². The molecule has 0 saturated carbocycles. The quantitative estimate of drug-likeness (QED) is 0.859. The lowest BCUT2D eigenvalue weighted by atomic mass is 10.1. The smallest absolute Gasteiger partial charge is 0.261 e. The minimum Gasteiger partial charge on any atom is -0.323 e. The number of nitrogens with zero attached hydrogens (tertiary/aromatic N) is 1. The van der Waals surface area contributed by atoms with Crippen molar-refractivity contribution >= 4 is 40.7 Å². The predicted molar refractivity (Wildman–Crippen MR) is 96.8 cm³/mol. The third-order valence-corrected chi connectivity index (χ3v) is 6.06. The Labute approximate surface area is 149 Å². The van der Waals surface area contributed by atoms with Gasteiger partial charge in [-0.3, -0.25) is 19.3 Å². The van der Waals surface area contributed by atoms with Crippen molar-refractivity contribution in [1.29, 1.82) is 0 Å². The predicted octanol–water partition coefficient (Wildman–Crippen LogP) is 3.46. The summed E-state index contributed by atoms with van der Waals surface area (Å²) in [5.41, 5.74) is 1.72. The van der Waals surface area contributed by atoms with Crippen LogP contribution in [-0.4, -0.2) is 22.5 Å². The van der Waals surface area contributed by atoms with Gasteiger partial charge in [-0.25, -0.2) is 0 Å². The topological polar surface area (TPSA) is 66.5 Å². The highest BCUT2D eigenvalue weighted by Crippen LogP contribution is 2.56. The molecule has 2 aliphatic rings. The second-order valence-electron chi connectivity index (χ2n) is 6.14. The molecule has 1 saturated heterocycles. The van der Waals surface area contributed by atoms with Gasteiger partial charge in [0, 0.05) is 16.9 Å². The fourth-order valence-corrected chi connectivity index (χ4v) is 4.83. The Morgan fingerprint density at radius 2 is 1.84 bits per heavy atom. The summed E-state index contributed by atoms with van der Waals surface area (Å²) in [5.74, 6) is -0.434. The van der Waals surface area contributed by atoms with Crippen molar-refractivity contribution < 1.29 is 14.4 Å². The molecule has 2 aliphatic heterocycles. The molecule has 1 N–H and O–H groups in total. The summed E-state index contributed by atoms with van der Waals surface area (Å²) < 4.78 is 0. The second-order valence-corrected chi connectivity index (χ2v) is 7.46. The van der Waals surface area contributed by atoms with Gasteiger partial charge >= 0.3 is 0 Å². The standard InChI is InChI=1S/C19H16N2O3S/c1-12(22)13-6-2-3-7-14(13)20-18(24)19-11-10-17(23)21(19)15-8-4-5-9-16(15)25-19/h2-9H,10-11H2,1H3,(H,20,24). The normalized spacial score (nSPS) is 21.0.